The summed E-state index contributed by atoms with van der Waals surface area (Å²) in [6.45, 7) is 0.667. The molecule has 5 rings (SSSR count). The average molecular weight is 487 g/mol. The Balaban J connectivity index is 1.67. The number of ether oxygens (including phenoxy) is 3. The van der Waals surface area contributed by atoms with Crippen molar-refractivity contribution in [2.75, 3.05) is 21.3 Å². The third-order valence-electron chi connectivity index (χ3n) is 7.43. The van der Waals surface area contributed by atoms with Gasteiger partial charge in [-0.05, 0) is 41.3 Å². The van der Waals surface area contributed by atoms with Gasteiger partial charge in [0.25, 0.3) is 0 Å². The van der Waals surface area contributed by atoms with Gasteiger partial charge >= 0.3 is 11.9 Å². The molecule has 7 heteroatoms. The van der Waals surface area contributed by atoms with Gasteiger partial charge in [0.05, 0.1) is 33.3 Å². The largest absolute Gasteiger partial charge is 0.497 e. The summed E-state index contributed by atoms with van der Waals surface area (Å²) >= 11 is 0. The number of carbonyl (C=O) groups is 2. The third kappa shape index (κ3) is 3.94. The Morgan fingerprint density at radius 1 is 1.03 bits per heavy atom. The smallest absolute Gasteiger partial charge is 0.330 e. The SMILES string of the molecule is COC(=O)/C=C/C1=CN(Cc2ccc(OC)cc2)[C@H]2C[C@@H]1[C@@H](C(=O)OC)c1c2n(C)c2ccccc12. The van der Waals surface area contributed by atoms with Crippen LogP contribution in [0.25, 0.3) is 10.9 Å². The van der Waals surface area contributed by atoms with Gasteiger partial charge in [-0.2, -0.15) is 0 Å². The molecule has 0 saturated carbocycles. The third-order valence-corrected chi connectivity index (χ3v) is 7.43. The van der Waals surface area contributed by atoms with E-state index in [1.54, 1.807) is 13.2 Å². The van der Waals surface area contributed by atoms with Crippen molar-refractivity contribution >= 4 is 22.8 Å². The lowest BCUT2D eigenvalue weighted by Gasteiger charge is -2.45. The number of carbonyl (C=O) groups excluding carboxylic acids is 2. The zero-order valence-corrected chi connectivity index (χ0v) is 20.9. The maximum absolute atomic E-state index is 13.3. The van der Waals surface area contributed by atoms with E-state index < -0.39 is 11.9 Å². The Labute approximate surface area is 210 Å². The van der Waals surface area contributed by atoms with Gasteiger partial charge in [0, 0.05) is 48.4 Å². The Hall–Kier alpha value is -4.00. The molecule has 36 heavy (non-hydrogen) atoms. The number of allylic oxidation sites excluding steroid dienone is 2. The molecule has 1 aliphatic heterocycles. The van der Waals surface area contributed by atoms with Gasteiger partial charge in [-0.3, -0.25) is 4.79 Å². The van der Waals surface area contributed by atoms with Crippen LogP contribution in [0.15, 0.2) is 72.5 Å². The minimum Gasteiger partial charge on any atom is -0.497 e. The lowest BCUT2D eigenvalue weighted by molar-refractivity contribution is -0.144. The minimum absolute atomic E-state index is 0.0562. The second kappa shape index (κ2) is 9.57. The summed E-state index contributed by atoms with van der Waals surface area (Å²) in [7, 11) is 6.52. The van der Waals surface area contributed by atoms with Gasteiger partial charge in [-0.15, -0.1) is 0 Å². The highest BCUT2D eigenvalue weighted by atomic mass is 16.5. The number of rotatable bonds is 6. The van der Waals surface area contributed by atoms with Crippen molar-refractivity contribution in [2.45, 2.75) is 24.9 Å². The van der Waals surface area contributed by atoms with Crippen molar-refractivity contribution in [2.24, 2.45) is 13.0 Å². The molecule has 2 heterocycles. The lowest BCUT2D eigenvalue weighted by atomic mass is 9.69. The van der Waals surface area contributed by atoms with Gasteiger partial charge in [0.2, 0.25) is 0 Å². The van der Waals surface area contributed by atoms with E-state index in [0.717, 1.165) is 45.5 Å². The van der Waals surface area contributed by atoms with E-state index >= 15 is 0 Å². The van der Waals surface area contributed by atoms with Crippen molar-refractivity contribution in [3.63, 3.8) is 0 Å². The fourth-order valence-electron chi connectivity index (χ4n) is 5.77. The maximum Gasteiger partial charge on any atom is 0.330 e. The van der Waals surface area contributed by atoms with E-state index in [4.69, 9.17) is 14.2 Å². The molecule has 0 N–H and O–H groups in total. The molecule has 3 aromatic rings. The van der Waals surface area contributed by atoms with Crippen molar-refractivity contribution in [3.05, 3.63) is 89.3 Å². The molecular formula is C29H30N2O5. The molecule has 2 bridgehead atoms. The monoisotopic (exact) mass is 486 g/mol. The van der Waals surface area contributed by atoms with Gasteiger partial charge < -0.3 is 23.7 Å². The van der Waals surface area contributed by atoms with E-state index in [1.807, 2.05) is 24.3 Å². The fraction of sp³-hybridized carbons (Fsp3) is 0.310. The van der Waals surface area contributed by atoms with Crippen LogP contribution in [0.2, 0.25) is 0 Å². The van der Waals surface area contributed by atoms with Crippen LogP contribution in [0.4, 0.5) is 0 Å². The van der Waals surface area contributed by atoms with Crippen LogP contribution in [0.5, 0.6) is 5.75 Å². The van der Waals surface area contributed by atoms with Crippen molar-refractivity contribution < 1.29 is 23.8 Å². The Kier molecular flexibility index (Phi) is 6.31. The molecule has 3 atom stereocenters. The standard InChI is InChI=1S/C29H30N2O5/c1-30-23-8-6-5-7-21(23)26-27(29(33)36-4)22-15-24(28(26)30)31(17-19(22)11-14-25(32)35-3)16-18-9-12-20(34-2)13-10-18/h5-14,17,22,24,27H,15-16H2,1-4H3/b14-11+/t22-,24-,27+/m0/s1. The normalized spacial score (nSPS) is 20.7. The molecule has 2 aromatic carbocycles. The molecular weight excluding hydrogens is 456 g/mol. The van der Waals surface area contributed by atoms with Crippen LogP contribution >= 0.6 is 0 Å². The zero-order chi connectivity index (χ0) is 25.4. The summed E-state index contributed by atoms with van der Waals surface area (Å²) in [5, 5.41) is 1.06. The van der Waals surface area contributed by atoms with E-state index in [2.05, 4.69) is 47.0 Å². The summed E-state index contributed by atoms with van der Waals surface area (Å²) in [6, 6.07) is 16.3. The Morgan fingerprint density at radius 2 is 1.78 bits per heavy atom. The second-order valence-electron chi connectivity index (χ2n) is 9.24. The predicted molar refractivity (Wildman–Crippen MR) is 136 cm³/mol. The number of fused-ring (bicyclic) bond motifs is 6. The van der Waals surface area contributed by atoms with Gasteiger partial charge in [-0.25, -0.2) is 4.79 Å². The van der Waals surface area contributed by atoms with Crippen LogP contribution in [0.1, 0.15) is 35.2 Å². The first-order valence-corrected chi connectivity index (χ1v) is 12.0. The van der Waals surface area contributed by atoms with Gasteiger partial charge in [-0.1, -0.05) is 36.4 Å². The lowest BCUT2D eigenvalue weighted by Crippen LogP contribution is -2.40. The molecule has 0 saturated heterocycles. The van der Waals surface area contributed by atoms with Crippen molar-refractivity contribution in [1.29, 1.82) is 0 Å². The van der Waals surface area contributed by atoms with E-state index in [-0.39, 0.29) is 17.9 Å². The Bertz CT molecular complexity index is 1370. The summed E-state index contributed by atoms with van der Waals surface area (Å²) in [4.78, 5) is 27.5. The van der Waals surface area contributed by atoms with Gasteiger partial charge in [0.15, 0.2) is 0 Å². The summed E-state index contributed by atoms with van der Waals surface area (Å²) in [5.74, 6) is -0.491. The topological polar surface area (TPSA) is 70.0 Å². The highest BCUT2D eigenvalue weighted by molar-refractivity contribution is 5.93. The van der Waals surface area contributed by atoms with Crippen LogP contribution in [-0.2, 0) is 32.7 Å². The molecule has 0 unspecified atom stereocenters. The first-order chi connectivity index (χ1) is 17.5. The molecule has 1 aromatic heterocycles. The van der Waals surface area contributed by atoms with Gasteiger partial charge in [0.1, 0.15) is 5.75 Å². The van der Waals surface area contributed by atoms with Crippen LogP contribution < -0.4 is 4.74 Å². The molecule has 0 spiro atoms. The van der Waals surface area contributed by atoms with Crippen LogP contribution in [-0.4, -0.2) is 42.7 Å². The highest BCUT2D eigenvalue weighted by Crippen LogP contribution is 2.53. The number of hydrogen-bond donors (Lipinski definition) is 0. The van der Waals surface area contributed by atoms with Crippen LogP contribution in [0, 0.1) is 5.92 Å². The molecule has 0 radical (unpaired) electrons. The molecule has 0 fully saturated rings. The number of benzene rings is 2. The number of para-hydroxylation sites is 1. The van der Waals surface area contributed by atoms with E-state index in [0.29, 0.717) is 6.54 Å². The first kappa shape index (κ1) is 23.7. The zero-order valence-electron chi connectivity index (χ0n) is 20.9. The quantitative estimate of drug-likeness (QED) is 0.374. The molecule has 1 aliphatic carbocycles. The van der Waals surface area contributed by atoms with Crippen molar-refractivity contribution in [3.8, 4) is 5.75 Å². The average Bonchev–Trinajstić information content (AvgIpc) is 3.21. The molecule has 186 valence electrons. The van der Waals surface area contributed by atoms with E-state index in [9.17, 15) is 9.59 Å². The molecule has 7 nitrogen and oxygen atoms in total. The summed E-state index contributed by atoms with van der Waals surface area (Å²) in [5.41, 5.74) is 5.26. The highest BCUT2D eigenvalue weighted by Gasteiger charge is 2.47. The minimum atomic E-state index is -0.468. The van der Waals surface area contributed by atoms with Crippen molar-refractivity contribution in [1.82, 2.24) is 9.47 Å². The predicted octanol–water partition coefficient (Wildman–Crippen LogP) is 4.63. The summed E-state index contributed by atoms with van der Waals surface area (Å²) < 4.78 is 17.7. The second-order valence-corrected chi connectivity index (χ2v) is 9.24. The molecule has 0 amide bonds. The number of methoxy groups -OCH3 is 3. The molecule has 2 aliphatic rings. The number of esters is 2. The Morgan fingerprint density at radius 3 is 2.47 bits per heavy atom. The number of aryl methyl sites for hydroxylation is 1. The first-order valence-electron chi connectivity index (χ1n) is 12.0. The summed E-state index contributed by atoms with van der Waals surface area (Å²) in [6.07, 6.45) is 6.01. The number of hydrogen-bond acceptors (Lipinski definition) is 6. The van der Waals surface area contributed by atoms with Crippen LogP contribution in [0.3, 0.4) is 0 Å². The maximum atomic E-state index is 13.3. The number of aromatic nitrogens is 1. The fourth-order valence-corrected chi connectivity index (χ4v) is 5.77. The van der Waals surface area contributed by atoms with E-state index in [1.165, 1.54) is 20.3 Å². The number of nitrogens with zero attached hydrogens (tertiary/aromatic N) is 2.